The fourth-order valence-electron chi connectivity index (χ4n) is 4.64. The normalized spacial score (nSPS) is 20.5. The summed E-state index contributed by atoms with van der Waals surface area (Å²) in [6.45, 7) is 0.380. The minimum absolute atomic E-state index is 0.0419. The van der Waals surface area contributed by atoms with Gasteiger partial charge in [0, 0.05) is 17.5 Å². The molecular weight excluding hydrogens is 446 g/mol. The average Bonchev–Trinajstić information content (AvgIpc) is 3.21. The van der Waals surface area contributed by atoms with Crippen molar-refractivity contribution in [1.82, 2.24) is 16.0 Å². The topological polar surface area (TPSA) is 117 Å². The number of benzene rings is 1. The van der Waals surface area contributed by atoms with Gasteiger partial charge in [-0.1, -0.05) is 55.8 Å². The monoisotopic (exact) mass is 479 g/mol. The molecule has 1 aromatic rings. The van der Waals surface area contributed by atoms with Crippen molar-refractivity contribution in [3.8, 4) is 0 Å². The first-order valence-electron chi connectivity index (χ1n) is 11.8. The third-order valence-electron chi connectivity index (χ3n) is 6.46. The molecule has 3 atom stereocenters. The molecule has 4 N–H and O–H groups in total. The van der Waals surface area contributed by atoms with Gasteiger partial charge in [-0.3, -0.25) is 9.59 Å². The Hall–Kier alpha value is -2.32. The van der Waals surface area contributed by atoms with Gasteiger partial charge >= 0.3 is 6.09 Å². The fraction of sp³-hybridized carbons (Fsp3) is 0.625. The van der Waals surface area contributed by atoms with Gasteiger partial charge in [0.25, 0.3) is 0 Å². The summed E-state index contributed by atoms with van der Waals surface area (Å²) < 4.78 is 5.31. The Morgan fingerprint density at radius 1 is 1.15 bits per heavy atom. The Balaban J connectivity index is 1.58. The first kappa shape index (κ1) is 25.3. The number of hydrogen-bond acceptors (Lipinski definition) is 5. The Morgan fingerprint density at radius 2 is 1.94 bits per heavy atom. The van der Waals surface area contributed by atoms with Gasteiger partial charge in [-0.2, -0.15) is 0 Å². The number of halogens is 1. The van der Waals surface area contributed by atoms with Crippen LogP contribution >= 0.6 is 11.6 Å². The van der Waals surface area contributed by atoms with E-state index in [0.717, 1.165) is 31.2 Å². The zero-order valence-electron chi connectivity index (χ0n) is 18.9. The lowest BCUT2D eigenvalue weighted by Gasteiger charge is -2.28. The molecule has 33 heavy (non-hydrogen) atoms. The van der Waals surface area contributed by atoms with Crippen LogP contribution in [0.3, 0.4) is 0 Å². The number of ether oxygens (including phenoxy) is 1. The molecule has 3 amide bonds. The van der Waals surface area contributed by atoms with E-state index in [9.17, 15) is 19.5 Å². The van der Waals surface area contributed by atoms with E-state index in [-0.39, 0.29) is 30.9 Å². The summed E-state index contributed by atoms with van der Waals surface area (Å²) in [6.07, 6.45) is 6.36. The van der Waals surface area contributed by atoms with Crippen molar-refractivity contribution in [2.45, 2.75) is 70.1 Å². The molecule has 0 radical (unpaired) electrons. The van der Waals surface area contributed by atoms with Crippen molar-refractivity contribution in [3.05, 3.63) is 34.9 Å². The minimum Gasteiger partial charge on any atom is -0.445 e. The molecule has 1 heterocycles. The molecule has 1 aliphatic heterocycles. The summed E-state index contributed by atoms with van der Waals surface area (Å²) in [5, 5.41) is 18.6. The van der Waals surface area contributed by atoms with E-state index in [0.29, 0.717) is 36.7 Å². The summed E-state index contributed by atoms with van der Waals surface area (Å²) in [4.78, 5) is 37.4. The molecule has 0 bridgehead atoms. The van der Waals surface area contributed by atoms with Crippen LogP contribution in [0.2, 0.25) is 5.02 Å². The predicted octanol–water partition coefficient (Wildman–Crippen LogP) is 2.91. The molecule has 3 rings (SSSR count). The zero-order valence-corrected chi connectivity index (χ0v) is 19.6. The van der Waals surface area contributed by atoms with Crippen LogP contribution in [0.5, 0.6) is 0 Å². The Labute approximate surface area is 199 Å². The molecule has 0 spiro atoms. The number of rotatable bonds is 10. The van der Waals surface area contributed by atoms with Crippen LogP contribution in [0.1, 0.15) is 56.9 Å². The molecule has 2 aliphatic rings. The number of aliphatic hydroxyl groups excluding tert-OH is 1. The van der Waals surface area contributed by atoms with E-state index in [1.807, 2.05) is 0 Å². The summed E-state index contributed by atoms with van der Waals surface area (Å²) in [7, 11) is 0. The molecule has 8 nitrogen and oxygen atoms in total. The Morgan fingerprint density at radius 3 is 2.61 bits per heavy atom. The lowest BCUT2D eigenvalue weighted by atomic mass is 9.84. The third-order valence-corrected chi connectivity index (χ3v) is 6.70. The molecule has 2 unspecified atom stereocenters. The molecule has 1 aromatic carbocycles. The van der Waals surface area contributed by atoms with Crippen LogP contribution in [0, 0.1) is 11.8 Å². The second kappa shape index (κ2) is 12.8. The molecule has 2 fully saturated rings. The van der Waals surface area contributed by atoms with Crippen molar-refractivity contribution in [2.24, 2.45) is 11.8 Å². The summed E-state index contributed by atoms with van der Waals surface area (Å²) in [6, 6.07) is 5.71. The maximum atomic E-state index is 13.1. The Bertz CT molecular complexity index is 815. The summed E-state index contributed by atoms with van der Waals surface area (Å²) in [5.41, 5.74) is 0.751. The second-order valence-corrected chi connectivity index (χ2v) is 9.48. The molecular formula is C24H34ClN3O5. The first-order chi connectivity index (χ1) is 15.9. The largest absolute Gasteiger partial charge is 0.445 e. The van der Waals surface area contributed by atoms with Crippen molar-refractivity contribution in [1.29, 1.82) is 0 Å². The fourth-order valence-corrected chi connectivity index (χ4v) is 4.85. The van der Waals surface area contributed by atoms with Crippen LogP contribution in [-0.4, -0.2) is 48.2 Å². The number of carbonyl (C=O) groups excluding carboxylic acids is 3. The smallest absolute Gasteiger partial charge is 0.408 e. The van der Waals surface area contributed by atoms with Gasteiger partial charge in [0.2, 0.25) is 11.8 Å². The number of aliphatic hydroxyl groups is 1. The number of carbonyl (C=O) groups is 3. The van der Waals surface area contributed by atoms with E-state index < -0.39 is 18.2 Å². The second-order valence-electron chi connectivity index (χ2n) is 9.04. The molecule has 1 saturated carbocycles. The molecule has 182 valence electrons. The highest BCUT2D eigenvalue weighted by Crippen LogP contribution is 2.27. The molecule has 9 heteroatoms. The van der Waals surface area contributed by atoms with Gasteiger partial charge < -0.3 is 25.8 Å². The van der Waals surface area contributed by atoms with E-state index >= 15 is 0 Å². The van der Waals surface area contributed by atoms with Crippen LogP contribution in [0.25, 0.3) is 0 Å². The van der Waals surface area contributed by atoms with Crippen molar-refractivity contribution < 1.29 is 24.2 Å². The van der Waals surface area contributed by atoms with Gasteiger partial charge in [-0.25, -0.2) is 4.79 Å². The maximum Gasteiger partial charge on any atom is 0.408 e. The highest BCUT2D eigenvalue weighted by Gasteiger charge is 2.31. The standard InChI is InChI=1S/C24H34ClN3O5/c25-19-8-4-7-17(11-19)15-33-24(32)28-21(12-16-5-2-1-3-6-16)23(31)27-20(14-29)13-18-9-10-26-22(18)30/h4,7-8,11,16,18,20-21,29H,1-3,5-6,9-10,12-15H2,(H,26,30)(H,27,31)(H,28,32)/t18-,20?,21?/m0/s1. The van der Waals surface area contributed by atoms with Gasteiger partial charge in [0.05, 0.1) is 12.6 Å². The minimum atomic E-state index is -0.772. The van der Waals surface area contributed by atoms with Crippen LogP contribution in [-0.2, 0) is 20.9 Å². The number of nitrogens with one attached hydrogen (secondary N) is 3. The SMILES string of the molecule is O=C(NC(CC1CCCCC1)C(=O)NC(CO)C[C@@H]1CCNC1=O)OCc1cccc(Cl)c1. The van der Waals surface area contributed by atoms with Gasteiger partial charge in [-0.15, -0.1) is 0 Å². The lowest BCUT2D eigenvalue weighted by Crippen LogP contribution is -2.51. The average molecular weight is 480 g/mol. The van der Waals surface area contributed by atoms with Crippen molar-refractivity contribution in [2.75, 3.05) is 13.2 Å². The van der Waals surface area contributed by atoms with E-state index in [2.05, 4.69) is 16.0 Å². The van der Waals surface area contributed by atoms with E-state index in [1.54, 1.807) is 24.3 Å². The Kier molecular flexibility index (Phi) is 9.81. The van der Waals surface area contributed by atoms with Crippen LogP contribution in [0.15, 0.2) is 24.3 Å². The maximum absolute atomic E-state index is 13.1. The van der Waals surface area contributed by atoms with Gasteiger partial charge in [0.1, 0.15) is 12.6 Å². The predicted molar refractivity (Wildman–Crippen MR) is 125 cm³/mol. The summed E-state index contributed by atoms with van der Waals surface area (Å²) >= 11 is 5.97. The van der Waals surface area contributed by atoms with E-state index in [1.165, 1.54) is 6.42 Å². The quantitative estimate of drug-likeness (QED) is 0.411. The van der Waals surface area contributed by atoms with Crippen LogP contribution < -0.4 is 16.0 Å². The van der Waals surface area contributed by atoms with Crippen molar-refractivity contribution in [3.63, 3.8) is 0 Å². The highest BCUT2D eigenvalue weighted by molar-refractivity contribution is 6.30. The first-order valence-corrected chi connectivity index (χ1v) is 12.2. The highest BCUT2D eigenvalue weighted by atomic mass is 35.5. The molecule has 1 aliphatic carbocycles. The number of amides is 3. The molecule has 0 aromatic heterocycles. The van der Waals surface area contributed by atoms with Gasteiger partial charge in [-0.05, 0) is 42.9 Å². The number of alkyl carbamates (subject to hydrolysis) is 1. The molecule has 1 saturated heterocycles. The van der Waals surface area contributed by atoms with Crippen LogP contribution in [0.4, 0.5) is 4.79 Å². The van der Waals surface area contributed by atoms with E-state index in [4.69, 9.17) is 16.3 Å². The zero-order chi connectivity index (χ0) is 23.6. The number of hydrogen-bond donors (Lipinski definition) is 4. The van der Waals surface area contributed by atoms with Gasteiger partial charge in [0.15, 0.2) is 0 Å². The van der Waals surface area contributed by atoms with Crippen molar-refractivity contribution >= 4 is 29.5 Å². The third kappa shape index (κ3) is 8.19. The summed E-state index contributed by atoms with van der Waals surface area (Å²) in [5.74, 6) is -0.298. The lowest BCUT2D eigenvalue weighted by molar-refractivity contribution is -0.126.